The lowest BCUT2D eigenvalue weighted by Crippen LogP contribution is -2.56. The fourth-order valence-electron chi connectivity index (χ4n) is 7.00. The number of nitrogens with zero attached hydrogens (tertiary/aromatic N) is 2. The average Bonchev–Trinajstić information content (AvgIpc) is 3.32. The highest BCUT2D eigenvalue weighted by molar-refractivity contribution is 5.79. The number of carbonyl (C=O) groups is 1. The van der Waals surface area contributed by atoms with Crippen LogP contribution in [-0.4, -0.2) is 62.4 Å². The van der Waals surface area contributed by atoms with Crippen LogP contribution in [0.1, 0.15) is 40.3 Å². The van der Waals surface area contributed by atoms with Gasteiger partial charge in [-0.05, 0) is 47.9 Å². The molecule has 3 aromatic carbocycles. The van der Waals surface area contributed by atoms with E-state index in [0.29, 0.717) is 52.7 Å². The SMILES string of the molecule is COC(=O)[C@@H]1[C@@H]2c3ccccc3O[C@H](c3ccc(OC)cc3)[C@]2([N+](=O)[O-])[C@@H]2c3cc(OC)c(OC)cc3CCN12. The molecule has 40 heavy (non-hydrogen) atoms. The number of para-hydroxylation sites is 1. The summed E-state index contributed by atoms with van der Waals surface area (Å²) in [5.74, 6) is 0.738. The van der Waals surface area contributed by atoms with Crippen LogP contribution in [0.5, 0.6) is 23.0 Å². The Morgan fingerprint density at radius 2 is 1.68 bits per heavy atom. The highest BCUT2D eigenvalue weighted by atomic mass is 16.6. The van der Waals surface area contributed by atoms with E-state index in [-0.39, 0.29) is 4.92 Å². The smallest absolute Gasteiger partial charge is 0.324 e. The number of benzene rings is 3. The molecule has 6 rings (SSSR count). The average molecular weight is 547 g/mol. The van der Waals surface area contributed by atoms with Crippen LogP contribution in [0.4, 0.5) is 0 Å². The number of hydrogen-bond acceptors (Lipinski definition) is 9. The Hall–Kier alpha value is -4.31. The molecule has 0 spiro atoms. The second-order valence-corrected chi connectivity index (χ2v) is 10.2. The van der Waals surface area contributed by atoms with E-state index in [1.165, 1.54) is 14.2 Å². The Balaban J connectivity index is 1.69. The molecule has 1 saturated heterocycles. The van der Waals surface area contributed by atoms with E-state index in [4.69, 9.17) is 23.7 Å². The molecule has 10 nitrogen and oxygen atoms in total. The minimum absolute atomic E-state index is 0.241. The van der Waals surface area contributed by atoms with Crippen LogP contribution in [0.15, 0.2) is 60.7 Å². The van der Waals surface area contributed by atoms with Crippen LogP contribution in [0.25, 0.3) is 0 Å². The van der Waals surface area contributed by atoms with Crippen LogP contribution in [0.2, 0.25) is 0 Å². The van der Waals surface area contributed by atoms with E-state index in [0.717, 1.165) is 5.56 Å². The van der Waals surface area contributed by atoms with Crippen LogP contribution < -0.4 is 18.9 Å². The molecule has 3 aliphatic heterocycles. The molecule has 0 amide bonds. The summed E-state index contributed by atoms with van der Waals surface area (Å²) < 4.78 is 28.4. The molecule has 0 N–H and O–H groups in total. The van der Waals surface area contributed by atoms with Crippen molar-refractivity contribution in [2.75, 3.05) is 35.0 Å². The molecule has 3 aromatic rings. The third-order valence-corrected chi connectivity index (χ3v) is 8.62. The van der Waals surface area contributed by atoms with E-state index in [1.807, 2.05) is 29.2 Å². The molecule has 1 fully saturated rings. The van der Waals surface area contributed by atoms with Gasteiger partial charge in [0.15, 0.2) is 17.6 Å². The van der Waals surface area contributed by atoms with Crippen LogP contribution in [0.3, 0.4) is 0 Å². The second-order valence-electron chi connectivity index (χ2n) is 10.2. The van der Waals surface area contributed by atoms with Gasteiger partial charge in [0.05, 0.1) is 34.4 Å². The number of ether oxygens (including phenoxy) is 5. The van der Waals surface area contributed by atoms with Gasteiger partial charge in [0, 0.05) is 22.6 Å². The molecule has 0 saturated carbocycles. The van der Waals surface area contributed by atoms with E-state index in [9.17, 15) is 14.9 Å². The van der Waals surface area contributed by atoms with Crippen molar-refractivity contribution >= 4 is 5.97 Å². The maximum absolute atomic E-state index is 13.7. The summed E-state index contributed by atoms with van der Waals surface area (Å²) in [5.41, 5.74) is 1.03. The molecule has 10 heteroatoms. The van der Waals surface area contributed by atoms with E-state index in [2.05, 4.69) is 0 Å². The number of hydrogen-bond donors (Lipinski definition) is 0. The summed E-state index contributed by atoms with van der Waals surface area (Å²) in [7, 11) is 5.97. The molecule has 0 aromatic heterocycles. The zero-order valence-corrected chi connectivity index (χ0v) is 22.7. The molecule has 3 heterocycles. The fourth-order valence-corrected chi connectivity index (χ4v) is 7.00. The predicted octanol–water partition coefficient (Wildman–Crippen LogP) is 4.10. The van der Waals surface area contributed by atoms with E-state index in [1.54, 1.807) is 50.6 Å². The molecular weight excluding hydrogens is 516 g/mol. The maximum atomic E-state index is 13.7. The minimum atomic E-state index is -1.80. The standard InChI is InChI=1S/C30H30N2O8/c1-36-19-11-9-17(10-12-19)28-30(32(34)35)25(20-7-5-6-8-22(20)40-28)26(29(33)39-4)31-14-13-18-15-23(37-2)24(38-3)16-21(18)27(30)31/h5-12,15-16,25-28H,13-14H2,1-4H3/t25-,26-,27-,28+,30+/m0/s1. The number of nitro groups is 1. The third-order valence-electron chi connectivity index (χ3n) is 8.62. The van der Waals surface area contributed by atoms with Gasteiger partial charge in [0.25, 0.3) is 5.54 Å². The molecule has 3 aliphatic rings. The first-order valence-electron chi connectivity index (χ1n) is 13.0. The normalized spacial score (nSPS) is 26.3. The predicted molar refractivity (Wildman–Crippen MR) is 144 cm³/mol. The van der Waals surface area contributed by atoms with Gasteiger partial charge >= 0.3 is 5.97 Å². The van der Waals surface area contributed by atoms with Crippen LogP contribution >= 0.6 is 0 Å². The highest BCUT2D eigenvalue weighted by Crippen LogP contribution is 2.65. The number of carbonyl (C=O) groups excluding carboxylic acids is 1. The van der Waals surface area contributed by atoms with Gasteiger partial charge < -0.3 is 23.7 Å². The summed E-state index contributed by atoms with van der Waals surface area (Å²) in [4.78, 5) is 29.0. The molecule has 0 aliphatic carbocycles. The van der Waals surface area contributed by atoms with Crippen LogP contribution in [0, 0.1) is 10.1 Å². The Bertz CT molecular complexity index is 1480. The lowest BCUT2D eigenvalue weighted by molar-refractivity contribution is -0.593. The van der Waals surface area contributed by atoms with Gasteiger partial charge in [0.2, 0.25) is 0 Å². The first-order valence-corrected chi connectivity index (χ1v) is 13.0. The number of methoxy groups -OCH3 is 4. The van der Waals surface area contributed by atoms with E-state index >= 15 is 0 Å². The summed E-state index contributed by atoms with van der Waals surface area (Å²) in [5, 5.41) is 13.7. The van der Waals surface area contributed by atoms with E-state index < -0.39 is 35.6 Å². The lowest BCUT2D eigenvalue weighted by Gasteiger charge is -2.44. The van der Waals surface area contributed by atoms with Gasteiger partial charge in [-0.25, -0.2) is 0 Å². The molecule has 208 valence electrons. The van der Waals surface area contributed by atoms with Crippen molar-refractivity contribution in [2.24, 2.45) is 0 Å². The lowest BCUT2D eigenvalue weighted by atomic mass is 9.66. The van der Waals surface area contributed by atoms with Crippen molar-refractivity contribution in [3.63, 3.8) is 0 Å². The third kappa shape index (κ3) is 3.48. The highest BCUT2D eigenvalue weighted by Gasteiger charge is 2.77. The number of esters is 1. The second kappa shape index (κ2) is 9.71. The molecule has 0 bridgehead atoms. The topological polar surface area (TPSA) is 110 Å². The first kappa shape index (κ1) is 25.9. The minimum Gasteiger partial charge on any atom is -0.497 e. The Labute approximate surface area is 231 Å². The summed E-state index contributed by atoms with van der Waals surface area (Å²) >= 11 is 0. The van der Waals surface area contributed by atoms with Crippen molar-refractivity contribution in [1.29, 1.82) is 0 Å². The Kier molecular flexibility index (Phi) is 6.29. The van der Waals surface area contributed by atoms with Crippen molar-refractivity contribution in [1.82, 2.24) is 4.90 Å². The molecule has 0 radical (unpaired) electrons. The summed E-state index contributed by atoms with van der Waals surface area (Å²) in [6.07, 6.45) is -0.467. The quantitative estimate of drug-likeness (QED) is 0.256. The number of fused-ring (bicyclic) bond motifs is 7. The van der Waals surface area contributed by atoms with Gasteiger partial charge in [-0.15, -0.1) is 0 Å². The van der Waals surface area contributed by atoms with Crippen molar-refractivity contribution in [3.05, 3.63) is 93.0 Å². The zero-order chi connectivity index (χ0) is 28.2. The monoisotopic (exact) mass is 546 g/mol. The van der Waals surface area contributed by atoms with Gasteiger partial charge in [-0.3, -0.25) is 19.8 Å². The van der Waals surface area contributed by atoms with Crippen molar-refractivity contribution in [3.8, 4) is 23.0 Å². The number of rotatable bonds is 6. The fraction of sp³-hybridized carbons (Fsp3) is 0.367. The summed E-state index contributed by atoms with van der Waals surface area (Å²) in [6.45, 7) is 0.413. The van der Waals surface area contributed by atoms with Crippen molar-refractivity contribution in [2.45, 2.75) is 36.1 Å². The molecule has 5 atom stereocenters. The van der Waals surface area contributed by atoms with Crippen molar-refractivity contribution < 1.29 is 33.4 Å². The Morgan fingerprint density at radius 3 is 2.33 bits per heavy atom. The van der Waals surface area contributed by atoms with Crippen LogP contribution in [-0.2, 0) is 16.0 Å². The van der Waals surface area contributed by atoms with Gasteiger partial charge in [-0.2, -0.15) is 0 Å². The zero-order valence-electron chi connectivity index (χ0n) is 22.7. The van der Waals surface area contributed by atoms with Gasteiger partial charge in [-0.1, -0.05) is 30.3 Å². The molecular formula is C30H30N2O8. The van der Waals surface area contributed by atoms with Gasteiger partial charge in [0.1, 0.15) is 23.6 Å². The first-order chi connectivity index (χ1) is 19.4. The molecule has 0 unspecified atom stereocenters. The Morgan fingerprint density at radius 1 is 0.975 bits per heavy atom. The largest absolute Gasteiger partial charge is 0.497 e. The summed E-state index contributed by atoms with van der Waals surface area (Å²) in [6, 6.07) is 16.3. The maximum Gasteiger partial charge on any atom is 0.324 e.